The van der Waals surface area contributed by atoms with E-state index in [2.05, 4.69) is 6.58 Å². The number of carboxylic acid groups (broad SMARTS) is 1. The molecular formula is C20H28O6. The number of aliphatic hydroxyl groups excluding tert-OH is 3. The summed E-state index contributed by atoms with van der Waals surface area (Å²) < 4.78 is 0. The van der Waals surface area contributed by atoms with Crippen molar-refractivity contribution in [1.82, 2.24) is 0 Å². The van der Waals surface area contributed by atoms with Crippen LogP contribution in [0.1, 0.15) is 46.0 Å². The van der Waals surface area contributed by atoms with Crippen molar-refractivity contribution in [1.29, 1.82) is 0 Å². The summed E-state index contributed by atoms with van der Waals surface area (Å²) in [5.74, 6) is -2.73. The topological polar surface area (TPSA) is 115 Å². The van der Waals surface area contributed by atoms with Gasteiger partial charge in [-0.2, -0.15) is 0 Å². The molecule has 0 radical (unpaired) electrons. The smallest absolute Gasteiger partial charge is 0.309 e. The molecule has 2 bridgehead atoms. The molecule has 6 heteroatoms. The highest BCUT2D eigenvalue weighted by Crippen LogP contribution is 2.71. The van der Waals surface area contributed by atoms with E-state index in [0.29, 0.717) is 12.8 Å². The van der Waals surface area contributed by atoms with Crippen LogP contribution in [0.4, 0.5) is 0 Å². The number of aliphatic carboxylic acids is 1. The molecule has 4 aliphatic carbocycles. The third-order valence-electron chi connectivity index (χ3n) is 8.66. The standard InChI is InChI=1S/C20H28O6/c1-9-14-10(21)7-12-18(2)5-4-6-19(3,17(25)26)11(18)8-13(22)20(12,15(9)23)16(14)24/h10-14,16,21-22,24H,1,4-8H2,2-3H3,(H,25,26)/t10?,11-,12-,13?,14?,16+,18?,19-,20?/m0/s1. The molecule has 4 N–H and O–H groups in total. The maximum Gasteiger partial charge on any atom is 0.309 e. The van der Waals surface area contributed by atoms with Crippen molar-refractivity contribution in [3.05, 3.63) is 12.2 Å². The van der Waals surface area contributed by atoms with Gasteiger partial charge in [0.2, 0.25) is 0 Å². The summed E-state index contributed by atoms with van der Waals surface area (Å²) >= 11 is 0. The second kappa shape index (κ2) is 5.18. The van der Waals surface area contributed by atoms with Crippen LogP contribution in [0.15, 0.2) is 12.2 Å². The molecule has 9 atom stereocenters. The first kappa shape index (κ1) is 18.1. The van der Waals surface area contributed by atoms with E-state index in [4.69, 9.17) is 0 Å². The molecule has 0 aliphatic heterocycles. The Bertz CT molecular complexity index is 702. The van der Waals surface area contributed by atoms with Crippen LogP contribution in [0.25, 0.3) is 0 Å². The van der Waals surface area contributed by atoms with Crippen LogP contribution < -0.4 is 0 Å². The molecule has 0 aromatic carbocycles. The molecule has 6 nitrogen and oxygen atoms in total. The number of aliphatic hydroxyl groups is 3. The number of carbonyl (C=O) groups excluding carboxylic acids is 1. The minimum Gasteiger partial charge on any atom is -0.481 e. The Balaban J connectivity index is 1.90. The number of hydrogen-bond acceptors (Lipinski definition) is 5. The zero-order chi connectivity index (χ0) is 19.2. The van der Waals surface area contributed by atoms with Gasteiger partial charge in [0.1, 0.15) is 0 Å². The number of Topliss-reactive ketones (excluding diaryl/α,β-unsaturated/α-hetero) is 1. The van der Waals surface area contributed by atoms with Gasteiger partial charge in [-0.05, 0) is 55.4 Å². The molecule has 5 unspecified atom stereocenters. The monoisotopic (exact) mass is 364 g/mol. The van der Waals surface area contributed by atoms with Crippen molar-refractivity contribution in [2.45, 2.75) is 64.3 Å². The van der Waals surface area contributed by atoms with Gasteiger partial charge in [0.25, 0.3) is 0 Å². The molecule has 144 valence electrons. The van der Waals surface area contributed by atoms with Crippen LogP contribution in [0.5, 0.6) is 0 Å². The third-order valence-corrected chi connectivity index (χ3v) is 8.66. The Kier molecular flexibility index (Phi) is 3.61. The van der Waals surface area contributed by atoms with Crippen LogP contribution in [0.3, 0.4) is 0 Å². The quantitative estimate of drug-likeness (QED) is 0.519. The van der Waals surface area contributed by atoms with Crippen LogP contribution in [0, 0.1) is 34.0 Å². The van der Waals surface area contributed by atoms with Gasteiger partial charge in [-0.3, -0.25) is 9.59 Å². The number of carboxylic acids is 1. The van der Waals surface area contributed by atoms with E-state index in [1.54, 1.807) is 6.92 Å². The molecule has 0 aromatic heterocycles. The third kappa shape index (κ3) is 1.74. The van der Waals surface area contributed by atoms with E-state index in [9.17, 15) is 30.0 Å². The highest BCUT2D eigenvalue weighted by molar-refractivity contribution is 6.04. The van der Waals surface area contributed by atoms with Crippen LogP contribution >= 0.6 is 0 Å². The van der Waals surface area contributed by atoms with E-state index in [1.807, 2.05) is 6.92 Å². The Morgan fingerprint density at radius 3 is 2.38 bits per heavy atom. The van der Waals surface area contributed by atoms with E-state index in [1.165, 1.54) is 0 Å². The predicted octanol–water partition coefficient (Wildman–Crippen LogP) is 1.13. The van der Waals surface area contributed by atoms with Gasteiger partial charge in [-0.25, -0.2) is 0 Å². The Morgan fingerprint density at radius 2 is 1.77 bits per heavy atom. The van der Waals surface area contributed by atoms with Crippen molar-refractivity contribution < 1.29 is 30.0 Å². The lowest BCUT2D eigenvalue weighted by Gasteiger charge is -2.65. The SMILES string of the molecule is C=C1C(=O)C23C(O)C[C@H]4C(C)(CCC[C@]4(C)C(=O)O)[C@@H]2CC(O)C1[C@H]3O. The van der Waals surface area contributed by atoms with E-state index >= 15 is 0 Å². The minimum atomic E-state index is -1.36. The lowest BCUT2D eigenvalue weighted by Crippen LogP contribution is -2.69. The zero-order valence-corrected chi connectivity index (χ0v) is 15.3. The highest BCUT2D eigenvalue weighted by atomic mass is 16.4. The molecule has 0 heterocycles. The van der Waals surface area contributed by atoms with Gasteiger partial charge < -0.3 is 20.4 Å². The van der Waals surface area contributed by atoms with E-state index < -0.39 is 52.4 Å². The summed E-state index contributed by atoms with van der Waals surface area (Å²) in [7, 11) is 0. The highest BCUT2D eigenvalue weighted by Gasteiger charge is 2.76. The molecule has 26 heavy (non-hydrogen) atoms. The molecule has 4 rings (SSSR count). The molecular weight excluding hydrogens is 336 g/mol. The normalized spacial score (nSPS) is 56.0. The summed E-state index contributed by atoms with van der Waals surface area (Å²) in [4.78, 5) is 25.3. The fourth-order valence-corrected chi connectivity index (χ4v) is 7.37. The lowest BCUT2D eigenvalue weighted by molar-refractivity contribution is -0.240. The van der Waals surface area contributed by atoms with Crippen molar-refractivity contribution in [3.63, 3.8) is 0 Å². The van der Waals surface area contributed by atoms with Crippen LogP contribution in [0.2, 0.25) is 0 Å². The maximum absolute atomic E-state index is 13.2. The molecule has 0 saturated heterocycles. The van der Waals surface area contributed by atoms with Gasteiger partial charge in [0, 0.05) is 5.92 Å². The van der Waals surface area contributed by atoms with Crippen LogP contribution in [-0.2, 0) is 9.59 Å². The van der Waals surface area contributed by atoms with Crippen molar-refractivity contribution >= 4 is 11.8 Å². The number of ketones is 1. The second-order valence-electron chi connectivity index (χ2n) is 9.50. The average Bonchev–Trinajstić information content (AvgIpc) is 2.69. The van der Waals surface area contributed by atoms with Gasteiger partial charge in [-0.15, -0.1) is 0 Å². The number of rotatable bonds is 1. The molecule has 0 amide bonds. The fourth-order valence-electron chi connectivity index (χ4n) is 7.37. The lowest BCUT2D eigenvalue weighted by atomic mass is 9.39. The molecule has 1 spiro atoms. The Morgan fingerprint density at radius 1 is 1.12 bits per heavy atom. The average molecular weight is 364 g/mol. The minimum absolute atomic E-state index is 0.175. The van der Waals surface area contributed by atoms with Gasteiger partial charge in [0.15, 0.2) is 5.78 Å². The first-order chi connectivity index (χ1) is 12.0. The number of hydrogen-bond donors (Lipinski definition) is 4. The molecule has 4 saturated carbocycles. The molecule has 4 aliphatic rings. The predicted molar refractivity (Wildman–Crippen MR) is 92.0 cm³/mol. The van der Waals surface area contributed by atoms with Gasteiger partial charge >= 0.3 is 5.97 Å². The zero-order valence-electron chi connectivity index (χ0n) is 15.3. The molecule has 4 fully saturated rings. The molecule has 0 aromatic rings. The summed E-state index contributed by atoms with van der Waals surface area (Å²) in [6.07, 6.45) is -0.763. The van der Waals surface area contributed by atoms with Gasteiger partial charge in [-0.1, -0.05) is 19.9 Å². The largest absolute Gasteiger partial charge is 0.481 e. The first-order valence-corrected chi connectivity index (χ1v) is 9.54. The summed E-state index contributed by atoms with van der Waals surface area (Å²) in [5.41, 5.74) is -2.69. The Hall–Kier alpha value is -1.24. The summed E-state index contributed by atoms with van der Waals surface area (Å²) in [5, 5.41) is 42.6. The fraction of sp³-hybridized carbons (Fsp3) is 0.800. The number of fused-ring (bicyclic) bond motifs is 3. The van der Waals surface area contributed by atoms with Crippen LogP contribution in [-0.4, -0.2) is 50.5 Å². The number of carbonyl (C=O) groups is 2. The van der Waals surface area contributed by atoms with Crippen molar-refractivity contribution in [3.8, 4) is 0 Å². The first-order valence-electron chi connectivity index (χ1n) is 9.54. The van der Waals surface area contributed by atoms with Gasteiger partial charge in [0.05, 0.1) is 29.1 Å². The summed E-state index contributed by atoms with van der Waals surface area (Å²) in [6, 6.07) is 0. The van der Waals surface area contributed by atoms with E-state index in [-0.39, 0.29) is 30.1 Å². The summed E-state index contributed by atoms with van der Waals surface area (Å²) in [6.45, 7) is 7.53. The van der Waals surface area contributed by atoms with E-state index in [0.717, 1.165) is 6.42 Å². The Labute approximate surface area is 152 Å². The van der Waals surface area contributed by atoms with Crippen molar-refractivity contribution in [2.75, 3.05) is 0 Å². The van der Waals surface area contributed by atoms with Crippen molar-refractivity contribution in [2.24, 2.45) is 34.0 Å². The second-order valence-corrected chi connectivity index (χ2v) is 9.50. The maximum atomic E-state index is 13.2.